The van der Waals surface area contributed by atoms with Crippen molar-refractivity contribution in [3.05, 3.63) is 77.4 Å². The van der Waals surface area contributed by atoms with Gasteiger partial charge in [-0.1, -0.05) is 73.5 Å². The largest absolute Gasteiger partial charge is 0.481 e. The zero-order valence-electron chi connectivity index (χ0n) is 17.3. The highest BCUT2D eigenvalue weighted by molar-refractivity contribution is 5.96. The van der Waals surface area contributed by atoms with Crippen molar-refractivity contribution >= 4 is 17.5 Å². The summed E-state index contributed by atoms with van der Waals surface area (Å²) in [5.74, 6) is -1.35. The van der Waals surface area contributed by atoms with Gasteiger partial charge >= 0.3 is 11.9 Å². The summed E-state index contributed by atoms with van der Waals surface area (Å²) in [5, 5.41) is 18.3. The van der Waals surface area contributed by atoms with Gasteiger partial charge in [0.25, 0.3) is 0 Å². The Labute approximate surface area is 178 Å². The first-order chi connectivity index (χ1) is 14.6. The number of hydrogen-bond acceptors (Lipinski definition) is 2. The average Bonchev–Trinajstić information content (AvgIpc) is 2.80. The van der Waals surface area contributed by atoms with Crippen molar-refractivity contribution in [3.8, 4) is 0 Å². The predicted molar refractivity (Wildman–Crippen MR) is 118 cm³/mol. The van der Waals surface area contributed by atoms with Crippen LogP contribution in [0.3, 0.4) is 0 Å². The molecule has 2 aliphatic rings. The first kappa shape index (κ1) is 21.8. The van der Waals surface area contributed by atoms with Crippen molar-refractivity contribution in [3.63, 3.8) is 0 Å². The van der Waals surface area contributed by atoms with E-state index in [2.05, 4.69) is 0 Å². The minimum absolute atomic E-state index is 0.179. The van der Waals surface area contributed by atoms with Gasteiger partial charge in [0.2, 0.25) is 0 Å². The second-order valence-electron chi connectivity index (χ2n) is 8.08. The topological polar surface area (TPSA) is 74.6 Å². The first-order valence-electron chi connectivity index (χ1n) is 10.9. The van der Waals surface area contributed by atoms with Crippen molar-refractivity contribution < 1.29 is 19.8 Å². The van der Waals surface area contributed by atoms with Gasteiger partial charge in [0.05, 0.1) is 5.92 Å². The molecule has 2 aliphatic carbocycles. The van der Waals surface area contributed by atoms with Crippen molar-refractivity contribution in [2.45, 2.75) is 57.3 Å². The lowest BCUT2D eigenvalue weighted by Gasteiger charge is -2.28. The second kappa shape index (κ2) is 10.8. The number of carboxylic acid groups (broad SMARTS) is 2. The number of hydrogen-bond donors (Lipinski definition) is 2. The van der Waals surface area contributed by atoms with E-state index >= 15 is 0 Å². The van der Waals surface area contributed by atoms with E-state index in [4.69, 9.17) is 10.2 Å². The zero-order chi connectivity index (χ0) is 21.3. The number of carboxylic acids is 2. The minimum Gasteiger partial charge on any atom is -0.481 e. The Morgan fingerprint density at radius 1 is 0.733 bits per heavy atom. The highest BCUT2D eigenvalue weighted by Crippen LogP contribution is 2.37. The molecule has 0 aromatic heterocycles. The maximum Gasteiger partial charge on any atom is 0.331 e. The van der Waals surface area contributed by atoms with Crippen molar-refractivity contribution in [2.24, 2.45) is 5.92 Å². The summed E-state index contributed by atoms with van der Waals surface area (Å²) < 4.78 is 0. The molecule has 0 spiro atoms. The first-order valence-corrected chi connectivity index (χ1v) is 10.9. The quantitative estimate of drug-likeness (QED) is 0.639. The van der Waals surface area contributed by atoms with E-state index in [1.54, 1.807) is 0 Å². The van der Waals surface area contributed by atoms with Gasteiger partial charge in [-0.15, -0.1) is 0 Å². The number of aliphatic carboxylic acids is 2. The van der Waals surface area contributed by atoms with Gasteiger partial charge in [-0.3, -0.25) is 4.79 Å². The van der Waals surface area contributed by atoms with E-state index in [1.165, 1.54) is 5.56 Å². The summed E-state index contributed by atoms with van der Waals surface area (Å²) in [6.07, 6.45) is 7.75. The molecule has 0 saturated heterocycles. The van der Waals surface area contributed by atoms with E-state index in [0.29, 0.717) is 12.0 Å². The Morgan fingerprint density at radius 3 is 1.97 bits per heavy atom. The van der Waals surface area contributed by atoms with Crippen LogP contribution in [-0.4, -0.2) is 22.2 Å². The van der Waals surface area contributed by atoms with Crippen LogP contribution in [0, 0.1) is 5.92 Å². The lowest BCUT2D eigenvalue weighted by molar-refractivity contribution is -0.143. The van der Waals surface area contributed by atoms with E-state index in [9.17, 15) is 9.59 Å². The van der Waals surface area contributed by atoms with Crippen LogP contribution in [0.1, 0.15) is 68.4 Å². The van der Waals surface area contributed by atoms with E-state index < -0.39 is 11.9 Å². The molecule has 0 unspecified atom stereocenters. The van der Waals surface area contributed by atoms with Crippen molar-refractivity contribution in [2.75, 3.05) is 0 Å². The third kappa shape index (κ3) is 5.59. The number of rotatable bonds is 4. The summed E-state index contributed by atoms with van der Waals surface area (Å²) in [6, 6.07) is 19.9. The summed E-state index contributed by atoms with van der Waals surface area (Å²) in [7, 11) is 0. The lowest BCUT2D eigenvalue weighted by atomic mass is 9.75. The normalized spacial score (nSPS) is 21.3. The minimum atomic E-state index is -0.756. The molecule has 1 saturated carbocycles. The molecule has 2 aromatic rings. The monoisotopic (exact) mass is 406 g/mol. The molecule has 2 N–H and O–H groups in total. The van der Waals surface area contributed by atoms with Crippen molar-refractivity contribution in [1.82, 2.24) is 0 Å². The SMILES string of the molecule is O=C(O)C1=C(c2ccccc2)CCCC1.O=C(O)[C@@H]1CCCC[C@@H]1c1ccccc1. The lowest BCUT2D eigenvalue weighted by Crippen LogP contribution is -2.25. The molecule has 2 aromatic carbocycles. The van der Waals surface area contributed by atoms with Gasteiger partial charge in [-0.2, -0.15) is 0 Å². The fourth-order valence-electron chi connectivity index (χ4n) is 4.62. The van der Waals surface area contributed by atoms with Gasteiger partial charge in [-0.05, 0) is 61.1 Å². The third-order valence-corrected chi connectivity index (χ3v) is 6.16. The molecule has 2 atom stereocenters. The number of benzene rings is 2. The Bertz CT molecular complexity index is 870. The van der Waals surface area contributed by atoms with Gasteiger partial charge in [0.1, 0.15) is 0 Å². The van der Waals surface area contributed by atoms with E-state index in [-0.39, 0.29) is 11.8 Å². The maximum atomic E-state index is 11.1. The molecule has 0 bridgehead atoms. The molecule has 0 heterocycles. The van der Waals surface area contributed by atoms with Crippen LogP contribution < -0.4 is 0 Å². The zero-order valence-corrected chi connectivity index (χ0v) is 17.3. The smallest absolute Gasteiger partial charge is 0.331 e. The molecule has 0 aliphatic heterocycles. The van der Waals surface area contributed by atoms with Crippen LogP contribution in [-0.2, 0) is 9.59 Å². The summed E-state index contributed by atoms with van der Waals surface area (Å²) >= 11 is 0. The van der Waals surface area contributed by atoms with Crippen LogP contribution >= 0.6 is 0 Å². The van der Waals surface area contributed by atoms with Crippen LogP contribution in [0.2, 0.25) is 0 Å². The molecular weight excluding hydrogens is 376 g/mol. The standard InChI is InChI=1S/C13H16O2.C13H14O2/c2*14-13(15)12-9-5-4-8-11(12)10-6-2-1-3-7-10/h1-3,6-7,11-12H,4-5,8-9H2,(H,14,15);1-3,6-7H,4-5,8-9H2,(H,14,15)/t11-,12-;/m1./s1. The van der Waals surface area contributed by atoms with Crippen LogP contribution in [0.25, 0.3) is 5.57 Å². The summed E-state index contributed by atoms with van der Waals surface area (Å²) in [6.45, 7) is 0. The van der Waals surface area contributed by atoms with Gasteiger partial charge in [0, 0.05) is 5.57 Å². The van der Waals surface area contributed by atoms with Gasteiger partial charge in [-0.25, -0.2) is 4.79 Å². The number of carbonyl (C=O) groups is 2. The molecular formula is C26H30O4. The van der Waals surface area contributed by atoms with E-state index in [1.807, 2.05) is 60.7 Å². The van der Waals surface area contributed by atoms with Gasteiger partial charge in [0.15, 0.2) is 0 Å². The predicted octanol–water partition coefficient (Wildman–Crippen LogP) is 6.14. The van der Waals surface area contributed by atoms with E-state index in [0.717, 1.165) is 56.1 Å². The fraction of sp³-hybridized carbons (Fsp3) is 0.385. The Morgan fingerprint density at radius 2 is 1.33 bits per heavy atom. The average molecular weight is 407 g/mol. The molecule has 0 amide bonds. The second-order valence-corrected chi connectivity index (χ2v) is 8.08. The molecule has 158 valence electrons. The summed E-state index contributed by atoms with van der Waals surface area (Å²) in [4.78, 5) is 22.2. The highest BCUT2D eigenvalue weighted by Gasteiger charge is 2.31. The molecule has 4 heteroatoms. The Balaban J connectivity index is 0.000000171. The molecule has 0 radical (unpaired) electrons. The third-order valence-electron chi connectivity index (χ3n) is 6.16. The van der Waals surface area contributed by atoms with Crippen LogP contribution in [0.5, 0.6) is 0 Å². The number of allylic oxidation sites excluding steroid dienone is 1. The highest BCUT2D eigenvalue weighted by atomic mass is 16.4. The Kier molecular flexibility index (Phi) is 7.83. The molecule has 4 rings (SSSR count). The Hall–Kier alpha value is -2.88. The van der Waals surface area contributed by atoms with Crippen LogP contribution in [0.15, 0.2) is 66.2 Å². The molecule has 30 heavy (non-hydrogen) atoms. The van der Waals surface area contributed by atoms with Crippen molar-refractivity contribution in [1.29, 1.82) is 0 Å². The summed E-state index contributed by atoms with van der Waals surface area (Å²) in [5.41, 5.74) is 3.88. The van der Waals surface area contributed by atoms with Gasteiger partial charge < -0.3 is 10.2 Å². The van der Waals surface area contributed by atoms with Crippen LogP contribution in [0.4, 0.5) is 0 Å². The maximum absolute atomic E-state index is 11.1. The molecule has 4 nitrogen and oxygen atoms in total. The molecule has 1 fully saturated rings. The fourth-order valence-corrected chi connectivity index (χ4v) is 4.62.